The van der Waals surface area contributed by atoms with Crippen LogP contribution in [0.4, 0.5) is 8.78 Å². The molecule has 152 valence electrons. The van der Waals surface area contributed by atoms with Crippen molar-refractivity contribution in [2.45, 2.75) is 96.0 Å². The average molecular weight is 379 g/mol. The molecular weight excluding hydrogens is 342 g/mol. The molecule has 0 spiro atoms. The summed E-state index contributed by atoms with van der Waals surface area (Å²) in [6, 6.07) is 3.45. The first-order chi connectivity index (χ1) is 13.0. The lowest BCUT2D eigenvalue weighted by Gasteiger charge is -2.37. The smallest absolute Gasteiger partial charge is 0.126 e. The van der Waals surface area contributed by atoms with Crippen LogP contribution in [0.3, 0.4) is 0 Å². The highest BCUT2D eigenvalue weighted by molar-refractivity contribution is 5.25. The topological polar surface area (TPSA) is 20.2 Å². The van der Waals surface area contributed by atoms with Crippen LogP contribution in [0.25, 0.3) is 0 Å². The standard InChI is InChI=1S/C24H36F2O/c1-2-3-4-18-5-7-19(8-6-18)9-10-20-11-13-24(27,14-12-20)21-15-22(25)17-23(26)16-21/h15-20,27H,2-14H2,1H3. The van der Waals surface area contributed by atoms with E-state index < -0.39 is 17.2 Å². The summed E-state index contributed by atoms with van der Waals surface area (Å²) in [6.07, 6.45) is 15.5. The lowest BCUT2D eigenvalue weighted by molar-refractivity contribution is -0.0165. The molecule has 3 heteroatoms. The number of hydrogen-bond acceptors (Lipinski definition) is 1. The van der Waals surface area contributed by atoms with Gasteiger partial charge in [0.25, 0.3) is 0 Å². The van der Waals surface area contributed by atoms with Crippen LogP contribution in [0.2, 0.25) is 0 Å². The highest BCUT2D eigenvalue weighted by atomic mass is 19.1. The van der Waals surface area contributed by atoms with Crippen molar-refractivity contribution in [3.63, 3.8) is 0 Å². The fraction of sp³-hybridized carbons (Fsp3) is 0.750. The number of rotatable bonds is 7. The second-order valence-corrected chi connectivity index (χ2v) is 9.24. The van der Waals surface area contributed by atoms with Gasteiger partial charge in [-0.05, 0) is 61.1 Å². The summed E-state index contributed by atoms with van der Waals surface area (Å²) in [5.74, 6) is 1.31. The van der Waals surface area contributed by atoms with Crippen molar-refractivity contribution >= 4 is 0 Å². The maximum atomic E-state index is 13.5. The van der Waals surface area contributed by atoms with Gasteiger partial charge in [-0.25, -0.2) is 8.78 Å². The maximum absolute atomic E-state index is 13.5. The fourth-order valence-electron chi connectivity index (χ4n) is 5.33. The molecule has 2 aliphatic carbocycles. The lowest BCUT2D eigenvalue weighted by atomic mass is 9.72. The van der Waals surface area contributed by atoms with E-state index in [1.165, 1.54) is 69.9 Å². The van der Waals surface area contributed by atoms with Crippen LogP contribution in [0.5, 0.6) is 0 Å². The van der Waals surface area contributed by atoms with Crippen LogP contribution in [-0.4, -0.2) is 5.11 Å². The zero-order chi connectivity index (χ0) is 19.3. The van der Waals surface area contributed by atoms with Gasteiger partial charge >= 0.3 is 0 Å². The average Bonchev–Trinajstić information content (AvgIpc) is 2.66. The predicted molar refractivity (Wildman–Crippen MR) is 106 cm³/mol. The number of aliphatic hydroxyl groups is 1. The molecule has 1 nitrogen and oxygen atoms in total. The minimum absolute atomic E-state index is 0.406. The Morgan fingerprint density at radius 2 is 1.30 bits per heavy atom. The molecule has 27 heavy (non-hydrogen) atoms. The van der Waals surface area contributed by atoms with Gasteiger partial charge < -0.3 is 5.11 Å². The molecule has 1 aromatic rings. The maximum Gasteiger partial charge on any atom is 0.126 e. The van der Waals surface area contributed by atoms with Crippen LogP contribution < -0.4 is 0 Å². The molecule has 0 unspecified atom stereocenters. The third kappa shape index (κ3) is 5.76. The Morgan fingerprint density at radius 1 is 0.815 bits per heavy atom. The molecule has 2 fully saturated rings. The summed E-state index contributed by atoms with van der Waals surface area (Å²) < 4.78 is 27.0. The molecule has 1 aromatic carbocycles. The SMILES string of the molecule is CCCCC1CCC(CCC2CCC(O)(c3cc(F)cc(F)c3)CC2)CC1. The minimum atomic E-state index is -1.06. The fourth-order valence-corrected chi connectivity index (χ4v) is 5.33. The largest absolute Gasteiger partial charge is 0.385 e. The van der Waals surface area contributed by atoms with Crippen LogP contribution in [0.1, 0.15) is 96.0 Å². The van der Waals surface area contributed by atoms with Gasteiger partial charge in [-0.1, -0.05) is 64.7 Å². The van der Waals surface area contributed by atoms with Gasteiger partial charge in [0.05, 0.1) is 5.60 Å². The zero-order valence-corrected chi connectivity index (χ0v) is 16.9. The molecular formula is C24H36F2O. The molecule has 0 amide bonds. The van der Waals surface area contributed by atoms with Gasteiger partial charge in [0.2, 0.25) is 0 Å². The molecule has 2 aliphatic rings. The predicted octanol–water partition coefficient (Wildman–Crippen LogP) is 7.12. The Morgan fingerprint density at radius 3 is 1.81 bits per heavy atom. The first-order valence-corrected chi connectivity index (χ1v) is 11.2. The summed E-state index contributed by atoms with van der Waals surface area (Å²) in [7, 11) is 0. The van der Waals surface area contributed by atoms with Crippen molar-refractivity contribution in [2.24, 2.45) is 17.8 Å². The van der Waals surface area contributed by atoms with Gasteiger partial charge in [0.15, 0.2) is 0 Å². The van der Waals surface area contributed by atoms with E-state index in [1.54, 1.807) is 0 Å². The Balaban J connectivity index is 1.41. The van der Waals surface area contributed by atoms with Gasteiger partial charge in [0, 0.05) is 6.07 Å². The van der Waals surface area contributed by atoms with E-state index in [4.69, 9.17) is 0 Å². The van der Waals surface area contributed by atoms with E-state index in [0.29, 0.717) is 24.3 Å². The van der Waals surface area contributed by atoms with E-state index in [-0.39, 0.29) is 0 Å². The molecule has 0 heterocycles. The number of halogens is 2. The number of benzene rings is 1. The molecule has 2 saturated carbocycles. The normalized spacial score (nSPS) is 31.8. The van der Waals surface area contributed by atoms with Crippen molar-refractivity contribution in [3.05, 3.63) is 35.4 Å². The molecule has 0 atom stereocenters. The Kier molecular flexibility index (Phi) is 7.30. The summed E-state index contributed by atoms with van der Waals surface area (Å²) in [4.78, 5) is 0. The quantitative estimate of drug-likeness (QED) is 0.535. The van der Waals surface area contributed by atoms with Crippen molar-refractivity contribution in [3.8, 4) is 0 Å². The van der Waals surface area contributed by atoms with E-state index in [2.05, 4.69) is 6.92 Å². The minimum Gasteiger partial charge on any atom is -0.385 e. The first kappa shape index (κ1) is 20.8. The number of hydrogen-bond donors (Lipinski definition) is 1. The van der Waals surface area contributed by atoms with E-state index in [1.807, 2.05) is 0 Å². The van der Waals surface area contributed by atoms with Crippen LogP contribution >= 0.6 is 0 Å². The van der Waals surface area contributed by atoms with Crippen molar-refractivity contribution < 1.29 is 13.9 Å². The van der Waals surface area contributed by atoms with E-state index >= 15 is 0 Å². The van der Waals surface area contributed by atoms with Gasteiger partial charge in [-0.2, -0.15) is 0 Å². The summed E-state index contributed by atoms with van der Waals surface area (Å²) in [6.45, 7) is 2.28. The molecule has 1 N–H and O–H groups in total. The Bertz CT molecular complexity index is 564. The molecule has 0 saturated heterocycles. The van der Waals surface area contributed by atoms with Crippen molar-refractivity contribution in [1.29, 1.82) is 0 Å². The molecule has 0 aliphatic heterocycles. The van der Waals surface area contributed by atoms with E-state index in [9.17, 15) is 13.9 Å². The summed E-state index contributed by atoms with van der Waals surface area (Å²) in [5.41, 5.74) is -0.652. The molecule has 3 rings (SSSR count). The lowest BCUT2D eigenvalue weighted by Crippen LogP contribution is -2.32. The first-order valence-electron chi connectivity index (χ1n) is 11.2. The van der Waals surface area contributed by atoms with Crippen LogP contribution in [0, 0.1) is 29.4 Å². The van der Waals surface area contributed by atoms with Crippen molar-refractivity contribution in [2.75, 3.05) is 0 Å². The summed E-state index contributed by atoms with van der Waals surface area (Å²) >= 11 is 0. The highest BCUT2D eigenvalue weighted by Gasteiger charge is 2.35. The zero-order valence-electron chi connectivity index (χ0n) is 16.9. The second kappa shape index (κ2) is 9.49. The second-order valence-electron chi connectivity index (χ2n) is 9.24. The molecule has 0 bridgehead atoms. The molecule has 0 radical (unpaired) electrons. The van der Waals surface area contributed by atoms with Crippen molar-refractivity contribution in [1.82, 2.24) is 0 Å². The van der Waals surface area contributed by atoms with Gasteiger partial charge in [0.1, 0.15) is 11.6 Å². The number of unbranched alkanes of at least 4 members (excludes halogenated alkanes) is 1. The molecule has 0 aromatic heterocycles. The third-order valence-corrected chi connectivity index (χ3v) is 7.25. The highest BCUT2D eigenvalue weighted by Crippen LogP contribution is 2.42. The van der Waals surface area contributed by atoms with Gasteiger partial charge in [-0.3, -0.25) is 0 Å². The van der Waals surface area contributed by atoms with Gasteiger partial charge in [-0.15, -0.1) is 0 Å². The Labute approximate surface area is 163 Å². The third-order valence-electron chi connectivity index (χ3n) is 7.25. The van der Waals surface area contributed by atoms with Crippen LogP contribution in [0.15, 0.2) is 18.2 Å². The Hall–Kier alpha value is -0.960. The summed E-state index contributed by atoms with van der Waals surface area (Å²) in [5, 5.41) is 10.9. The van der Waals surface area contributed by atoms with E-state index in [0.717, 1.165) is 30.7 Å². The van der Waals surface area contributed by atoms with Crippen LogP contribution in [-0.2, 0) is 5.60 Å². The monoisotopic (exact) mass is 378 g/mol.